The molecule has 4 aromatic rings. The zero-order valence-corrected chi connectivity index (χ0v) is 37.7. The standard InChI is InChI=1S/C53H66N6O3/c1-5-9-12-19-32-58-48-23-17-16-22-45(48)46-34-41(25-30-49(46)58)39-62-50(60)24-15-14-18-31-57(38-40(8-4)21-11-7-3)44-28-26-42(27-29-44)51-47(37-56)52(43(35-54)36-55)59(53(51)61)33-20-13-10-6-2/h16-17,22-23,25-30,34,40H,5-15,18-21,24,31-33,38-39H2,1-4H3. The fraction of sp³-hybridized carbons (Fsp3) is 0.491. The van der Waals surface area contributed by atoms with Gasteiger partial charge in [0.1, 0.15) is 24.8 Å². The van der Waals surface area contributed by atoms with Crippen molar-refractivity contribution in [2.45, 2.75) is 144 Å². The van der Waals surface area contributed by atoms with E-state index in [-0.39, 0.29) is 40.9 Å². The third-order valence-corrected chi connectivity index (χ3v) is 12.3. The number of aromatic nitrogens is 1. The number of carbonyl (C=O) groups excluding carboxylic acids is 2. The van der Waals surface area contributed by atoms with Crippen molar-refractivity contribution in [2.24, 2.45) is 5.92 Å². The number of aryl methyl sites for hydroxylation is 1. The molecule has 3 aromatic carbocycles. The molecule has 0 fully saturated rings. The highest BCUT2D eigenvalue weighted by Crippen LogP contribution is 2.38. The number of carbonyl (C=O) groups is 2. The molecular formula is C53H66N6O3. The number of esters is 1. The minimum absolute atomic E-state index is 0.0789. The Balaban J connectivity index is 1.21. The van der Waals surface area contributed by atoms with Crippen LogP contribution in [0.25, 0.3) is 27.4 Å². The summed E-state index contributed by atoms with van der Waals surface area (Å²) in [6.07, 6.45) is 16.0. The molecule has 0 bridgehead atoms. The number of nitrogens with zero attached hydrogens (tertiary/aromatic N) is 6. The zero-order chi connectivity index (χ0) is 44.3. The van der Waals surface area contributed by atoms with Crippen LogP contribution in [0.4, 0.5) is 5.69 Å². The second-order valence-electron chi connectivity index (χ2n) is 16.8. The number of fused-ring (bicyclic) bond motifs is 3. The summed E-state index contributed by atoms with van der Waals surface area (Å²) in [5.74, 6) is 0.00528. The maximum atomic E-state index is 13.9. The molecule has 0 N–H and O–H groups in total. The molecule has 1 aliphatic heterocycles. The first-order valence-corrected chi connectivity index (χ1v) is 23.4. The van der Waals surface area contributed by atoms with Crippen LogP contribution in [-0.4, -0.2) is 41.0 Å². The molecule has 1 aliphatic rings. The van der Waals surface area contributed by atoms with Gasteiger partial charge in [-0.2, -0.15) is 15.8 Å². The number of anilines is 1. The summed E-state index contributed by atoms with van der Waals surface area (Å²) >= 11 is 0. The largest absolute Gasteiger partial charge is 0.461 e. The predicted molar refractivity (Wildman–Crippen MR) is 250 cm³/mol. The number of para-hydroxylation sites is 1. The van der Waals surface area contributed by atoms with E-state index in [9.17, 15) is 25.4 Å². The van der Waals surface area contributed by atoms with Crippen LogP contribution in [0.1, 0.15) is 142 Å². The Bertz CT molecular complexity index is 2300. The maximum absolute atomic E-state index is 13.9. The average Bonchev–Trinajstić information content (AvgIpc) is 3.76. The van der Waals surface area contributed by atoms with Gasteiger partial charge in [0.2, 0.25) is 0 Å². The molecule has 1 unspecified atom stereocenters. The zero-order valence-electron chi connectivity index (χ0n) is 37.7. The summed E-state index contributed by atoms with van der Waals surface area (Å²) in [7, 11) is 0. The van der Waals surface area contributed by atoms with Crippen LogP contribution in [0.2, 0.25) is 0 Å². The second-order valence-corrected chi connectivity index (χ2v) is 16.8. The van der Waals surface area contributed by atoms with E-state index in [1.807, 2.05) is 36.4 Å². The number of hydrogen-bond acceptors (Lipinski definition) is 7. The molecule has 1 aromatic heterocycles. The fourth-order valence-electron chi connectivity index (χ4n) is 8.78. The highest BCUT2D eigenvalue weighted by atomic mass is 16.5. The van der Waals surface area contributed by atoms with Gasteiger partial charge in [-0.1, -0.05) is 128 Å². The number of amides is 1. The van der Waals surface area contributed by atoms with Crippen molar-refractivity contribution in [1.82, 2.24) is 9.47 Å². The van der Waals surface area contributed by atoms with Crippen LogP contribution in [-0.2, 0) is 27.5 Å². The van der Waals surface area contributed by atoms with Gasteiger partial charge in [0, 0.05) is 60.1 Å². The average molecular weight is 835 g/mol. The van der Waals surface area contributed by atoms with Gasteiger partial charge in [0.05, 0.1) is 16.8 Å². The summed E-state index contributed by atoms with van der Waals surface area (Å²) in [6.45, 7) is 12.1. The molecule has 326 valence electrons. The number of unbranched alkanes of at least 4 members (excludes halogenated alkanes) is 9. The van der Waals surface area contributed by atoms with E-state index in [1.54, 1.807) is 0 Å². The summed E-state index contributed by atoms with van der Waals surface area (Å²) in [4.78, 5) is 30.7. The van der Waals surface area contributed by atoms with E-state index in [0.29, 0.717) is 30.9 Å². The van der Waals surface area contributed by atoms with Crippen LogP contribution in [0.15, 0.2) is 83.6 Å². The fourth-order valence-corrected chi connectivity index (χ4v) is 8.78. The topological polar surface area (TPSA) is 126 Å². The SMILES string of the molecule is CCCCCCN1C(=O)C(c2ccc(N(CCCCCC(=O)OCc3ccc4c(c3)c3ccccc3n4CCCCCC)CC(CC)CCCC)cc2)=C(C#N)C1=C(C#N)C#N. The van der Waals surface area contributed by atoms with E-state index in [4.69, 9.17) is 4.74 Å². The Morgan fingerprint density at radius 2 is 1.42 bits per heavy atom. The van der Waals surface area contributed by atoms with Crippen molar-refractivity contribution in [3.05, 3.63) is 94.7 Å². The van der Waals surface area contributed by atoms with Gasteiger partial charge in [-0.3, -0.25) is 9.59 Å². The van der Waals surface area contributed by atoms with Crippen molar-refractivity contribution in [3.63, 3.8) is 0 Å². The molecule has 5 rings (SSSR count). The molecule has 1 amide bonds. The highest BCUT2D eigenvalue weighted by Gasteiger charge is 2.38. The molecule has 0 radical (unpaired) electrons. The third kappa shape index (κ3) is 11.9. The molecule has 0 saturated heterocycles. The van der Waals surface area contributed by atoms with Crippen molar-refractivity contribution >= 4 is 44.9 Å². The van der Waals surface area contributed by atoms with E-state index in [0.717, 1.165) is 95.1 Å². The quantitative estimate of drug-likeness (QED) is 0.0350. The Morgan fingerprint density at radius 1 is 0.742 bits per heavy atom. The molecular weight excluding hydrogens is 769 g/mol. The van der Waals surface area contributed by atoms with Crippen LogP contribution in [0.3, 0.4) is 0 Å². The lowest BCUT2D eigenvalue weighted by Crippen LogP contribution is -2.30. The van der Waals surface area contributed by atoms with Crippen molar-refractivity contribution in [3.8, 4) is 18.2 Å². The number of hydrogen-bond donors (Lipinski definition) is 0. The Labute approximate surface area is 370 Å². The van der Waals surface area contributed by atoms with Gasteiger partial charge in [-0.25, -0.2) is 0 Å². The molecule has 0 spiro atoms. The summed E-state index contributed by atoms with van der Waals surface area (Å²) in [6, 6.07) is 28.8. The summed E-state index contributed by atoms with van der Waals surface area (Å²) in [5.41, 5.74) is 5.33. The molecule has 9 nitrogen and oxygen atoms in total. The van der Waals surface area contributed by atoms with E-state index < -0.39 is 0 Å². The van der Waals surface area contributed by atoms with Gasteiger partial charge < -0.3 is 19.1 Å². The van der Waals surface area contributed by atoms with E-state index in [1.165, 1.54) is 52.4 Å². The van der Waals surface area contributed by atoms with Crippen molar-refractivity contribution in [1.29, 1.82) is 15.8 Å². The number of benzene rings is 3. The van der Waals surface area contributed by atoms with Gasteiger partial charge >= 0.3 is 5.97 Å². The first kappa shape index (κ1) is 47.2. The van der Waals surface area contributed by atoms with E-state index >= 15 is 0 Å². The highest BCUT2D eigenvalue weighted by molar-refractivity contribution is 6.26. The number of nitriles is 3. The summed E-state index contributed by atoms with van der Waals surface area (Å²) in [5, 5.41) is 32.3. The predicted octanol–water partition coefficient (Wildman–Crippen LogP) is 12.7. The van der Waals surface area contributed by atoms with Crippen LogP contribution in [0.5, 0.6) is 0 Å². The lowest BCUT2D eigenvalue weighted by atomic mass is 9.97. The maximum Gasteiger partial charge on any atom is 0.306 e. The molecule has 2 heterocycles. The Kier molecular flexibility index (Phi) is 18.7. The first-order chi connectivity index (χ1) is 30.3. The molecule has 9 heteroatoms. The molecule has 1 atom stereocenters. The van der Waals surface area contributed by atoms with Gasteiger partial charge in [0.25, 0.3) is 5.91 Å². The lowest BCUT2D eigenvalue weighted by Gasteiger charge is -2.29. The number of allylic oxidation sites excluding steroid dienone is 2. The van der Waals surface area contributed by atoms with Crippen LogP contribution >= 0.6 is 0 Å². The van der Waals surface area contributed by atoms with Gasteiger partial charge in [0.15, 0.2) is 5.57 Å². The van der Waals surface area contributed by atoms with Crippen LogP contribution < -0.4 is 4.90 Å². The monoisotopic (exact) mass is 835 g/mol. The van der Waals surface area contributed by atoms with Crippen molar-refractivity contribution < 1.29 is 14.3 Å². The van der Waals surface area contributed by atoms with Gasteiger partial charge in [-0.05, 0) is 79.5 Å². The van der Waals surface area contributed by atoms with Gasteiger partial charge in [-0.15, -0.1) is 0 Å². The third-order valence-electron chi connectivity index (χ3n) is 12.3. The Morgan fingerprint density at radius 3 is 2.10 bits per heavy atom. The number of rotatable bonds is 26. The number of ether oxygens (including phenoxy) is 1. The molecule has 0 aliphatic carbocycles. The van der Waals surface area contributed by atoms with E-state index in [2.05, 4.69) is 85.7 Å². The molecule has 62 heavy (non-hydrogen) atoms. The minimum atomic E-state index is -0.345. The minimum Gasteiger partial charge on any atom is -0.461 e. The first-order valence-electron chi connectivity index (χ1n) is 23.4. The molecule has 0 saturated carbocycles. The summed E-state index contributed by atoms with van der Waals surface area (Å²) < 4.78 is 8.23. The smallest absolute Gasteiger partial charge is 0.306 e. The normalized spacial score (nSPS) is 13.1. The lowest BCUT2D eigenvalue weighted by molar-refractivity contribution is -0.145. The second kappa shape index (κ2) is 24.6. The van der Waals surface area contributed by atoms with Crippen molar-refractivity contribution in [2.75, 3.05) is 24.5 Å². The Hall–Kier alpha value is -5.85. The van der Waals surface area contributed by atoms with Crippen LogP contribution in [0, 0.1) is 39.9 Å².